The number of hydrogen-bond acceptors (Lipinski definition) is 3. The maximum absolute atomic E-state index is 3.16. The Balaban J connectivity index is 1.16. The number of rotatable bonds is 3. The van der Waals surface area contributed by atoms with Crippen LogP contribution >= 0.6 is 11.3 Å². The van der Waals surface area contributed by atoms with Gasteiger partial charge in [0.05, 0.1) is 11.7 Å². The second-order valence-corrected chi connectivity index (χ2v) is 34.5. The summed E-state index contributed by atoms with van der Waals surface area (Å²) in [5.74, 6) is 0.467. The van der Waals surface area contributed by atoms with Crippen molar-refractivity contribution < 1.29 is 0 Å². The molecule has 2 aromatic carbocycles. The van der Waals surface area contributed by atoms with E-state index in [2.05, 4.69) is 219 Å². The molecular formula is C74H97BN2S. The Morgan fingerprint density at radius 3 is 2.01 bits per heavy atom. The van der Waals surface area contributed by atoms with Crippen LogP contribution in [0.15, 0.2) is 105 Å². The van der Waals surface area contributed by atoms with Gasteiger partial charge in [0, 0.05) is 38.3 Å². The lowest BCUT2D eigenvalue weighted by Gasteiger charge is -2.57. The van der Waals surface area contributed by atoms with E-state index in [9.17, 15) is 0 Å². The predicted molar refractivity (Wildman–Crippen MR) is 339 cm³/mol. The van der Waals surface area contributed by atoms with Crippen molar-refractivity contribution in [3.05, 3.63) is 138 Å². The zero-order chi connectivity index (χ0) is 55.6. The van der Waals surface area contributed by atoms with E-state index in [0.29, 0.717) is 5.92 Å². The van der Waals surface area contributed by atoms with Gasteiger partial charge in [-0.2, -0.15) is 11.3 Å². The first-order valence-electron chi connectivity index (χ1n) is 31.3. The molecule has 2 nitrogen and oxygen atoms in total. The number of aryl methyl sites for hydroxylation is 1. The standard InChI is InChI=1S/C74H97BN2S/c1-66(2,3)47-37-59-62-60(38-47)77(57-42-54-52(69(8,9)30-32-71(54,12)13)40-49(57)46-25-24-44-22-20-21-23-45(44)36-46)58-43-55-53(70(10,11)31-33-72(55,14)15)41-56(58)75(62)65-63(61-64(78-65)74(18,19)35-34-73(61,16)17)76(59)48-26-27-50-51(39-48)68(6,7)29-28-67(50,4)5/h20,22,24-27,36,38,40-42,48,55,59H,21,23,28-35,37,39,43H2,1-19H3. The Hall–Kier alpha value is -4.02. The Kier molecular flexibility index (Phi) is 11.5. The third-order valence-electron chi connectivity index (χ3n) is 23.5. The first-order chi connectivity index (χ1) is 36.2. The minimum atomic E-state index is -0.0190. The van der Waals surface area contributed by atoms with Crippen molar-refractivity contribution in [1.82, 2.24) is 0 Å². The number of fused-ring (bicyclic) bond motifs is 8. The van der Waals surface area contributed by atoms with Crippen molar-refractivity contribution in [1.29, 1.82) is 0 Å². The van der Waals surface area contributed by atoms with Crippen molar-refractivity contribution >= 4 is 40.3 Å². The smallest absolute Gasteiger partial charge is 0.259 e. The monoisotopic (exact) mass is 1060 g/mol. The summed E-state index contributed by atoms with van der Waals surface area (Å²) in [6.45, 7) is 49.1. The van der Waals surface area contributed by atoms with E-state index < -0.39 is 0 Å². The summed E-state index contributed by atoms with van der Waals surface area (Å²) in [7, 11) is 0. The lowest BCUT2D eigenvalue weighted by molar-refractivity contribution is 0.121. The van der Waals surface area contributed by atoms with E-state index in [1.165, 1.54) is 85.0 Å². The van der Waals surface area contributed by atoms with E-state index in [4.69, 9.17) is 0 Å². The normalized spacial score (nSPS) is 28.8. The first kappa shape index (κ1) is 53.3. The summed E-state index contributed by atoms with van der Waals surface area (Å²) >= 11 is 2.26. The average molecular weight is 1060 g/mol. The highest BCUT2D eigenvalue weighted by atomic mass is 32.1. The molecule has 8 aliphatic carbocycles. The Morgan fingerprint density at radius 2 is 1.29 bits per heavy atom. The summed E-state index contributed by atoms with van der Waals surface area (Å²) in [6, 6.07) is 13.6. The molecule has 4 heteroatoms. The SMILES string of the molecule is CC(C)(C)C1=CC2=C3B(C4=C(CC5C(=C4)C(C)(C)CCC5(C)C)N2c2cc4c(cc2-c2ccc5c(c2)CCC=C5)C(C)(C)CCC4(C)C)c2sc4c(c2N(C2C=CC5=C(C2)C(C)(C)CCC5(C)C)C3C1)C(C)(C)CCC4(C)C. The molecule has 10 aliphatic rings. The van der Waals surface area contributed by atoms with Crippen molar-refractivity contribution in [3.63, 3.8) is 0 Å². The van der Waals surface area contributed by atoms with Crippen molar-refractivity contribution in [2.75, 3.05) is 9.80 Å². The van der Waals surface area contributed by atoms with E-state index >= 15 is 0 Å². The highest BCUT2D eigenvalue weighted by Gasteiger charge is 2.58. The summed E-state index contributed by atoms with van der Waals surface area (Å²) in [4.78, 5) is 7.83. The first-order valence-corrected chi connectivity index (χ1v) is 32.1. The quantitative estimate of drug-likeness (QED) is 0.241. The molecule has 3 aromatic rings. The molecule has 1 aromatic heterocycles. The molecule has 1 saturated carbocycles. The Morgan fingerprint density at radius 1 is 0.641 bits per heavy atom. The number of allylic oxidation sites excluding steroid dienone is 8. The summed E-state index contributed by atoms with van der Waals surface area (Å²) in [5.41, 5.74) is 27.6. The number of hydrogen-bond donors (Lipinski definition) is 0. The molecule has 0 spiro atoms. The number of thiophene rings is 1. The zero-order valence-corrected chi connectivity index (χ0v) is 53.0. The molecule has 3 unspecified atom stereocenters. The largest absolute Gasteiger partial charge is 0.358 e. The molecule has 1 fully saturated rings. The van der Waals surface area contributed by atoms with Crippen LogP contribution in [-0.2, 0) is 28.1 Å². The van der Waals surface area contributed by atoms with Crippen LogP contribution in [-0.4, -0.2) is 18.8 Å². The van der Waals surface area contributed by atoms with Gasteiger partial charge in [-0.1, -0.05) is 197 Å². The predicted octanol–water partition coefficient (Wildman–Crippen LogP) is 19.7. The van der Waals surface area contributed by atoms with Crippen LogP contribution in [0.4, 0.5) is 11.4 Å². The van der Waals surface area contributed by atoms with Gasteiger partial charge in [-0.15, -0.1) is 0 Å². The third-order valence-corrected chi connectivity index (χ3v) is 25.1. The van der Waals surface area contributed by atoms with Gasteiger partial charge >= 0.3 is 0 Å². The van der Waals surface area contributed by atoms with E-state index in [1.54, 1.807) is 71.0 Å². The molecule has 13 rings (SSSR count). The van der Waals surface area contributed by atoms with Crippen LogP contribution in [0, 0.1) is 33.0 Å². The van der Waals surface area contributed by atoms with E-state index in [0.717, 1.165) is 32.1 Å². The third kappa shape index (κ3) is 7.85. The summed E-state index contributed by atoms with van der Waals surface area (Å²) in [5, 5.41) is 0. The molecule has 0 radical (unpaired) electrons. The number of anilines is 2. The van der Waals surface area contributed by atoms with Crippen molar-refractivity contribution in [2.24, 2.45) is 33.0 Å². The van der Waals surface area contributed by atoms with Gasteiger partial charge in [-0.25, -0.2) is 0 Å². The van der Waals surface area contributed by atoms with Gasteiger partial charge in [0.2, 0.25) is 0 Å². The maximum atomic E-state index is 3.16. The highest BCUT2D eigenvalue weighted by Crippen LogP contribution is 2.64. The van der Waals surface area contributed by atoms with Gasteiger partial charge in [0.25, 0.3) is 6.71 Å². The summed E-state index contributed by atoms with van der Waals surface area (Å²) < 4.78 is 1.66. The Labute approximate surface area is 478 Å². The molecule has 0 amide bonds. The minimum Gasteiger partial charge on any atom is -0.358 e. The van der Waals surface area contributed by atoms with Crippen LogP contribution in [0.25, 0.3) is 17.2 Å². The molecule has 0 bridgehead atoms. The molecule has 78 heavy (non-hydrogen) atoms. The van der Waals surface area contributed by atoms with Gasteiger partial charge < -0.3 is 9.80 Å². The molecule has 412 valence electrons. The van der Waals surface area contributed by atoms with Crippen LogP contribution in [0.5, 0.6) is 0 Å². The van der Waals surface area contributed by atoms with Crippen molar-refractivity contribution in [2.45, 2.75) is 249 Å². The lowest BCUT2D eigenvalue weighted by atomic mass is 9.31. The second kappa shape index (κ2) is 16.8. The maximum Gasteiger partial charge on any atom is 0.259 e. The topological polar surface area (TPSA) is 6.48 Å². The van der Waals surface area contributed by atoms with Gasteiger partial charge in [-0.05, 0) is 206 Å². The number of nitrogens with zero attached hydrogens (tertiary/aromatic N) is 2. The fourth-order valence-electron chi connectivity index (χ4n) is 17.6. The second-order valence-electron chi connectivity index (χ2n) is 33.4. The van der Waals surface area contributed by atoms with Gasteiger partial charge in [-0.3, -0.25) is 0 Å². The molecule has 2 aliphatic heterocycles. The molecule has 0 saturated heterocycles. The highest BCUT2D eigenvalue weighted by molar-refractivity contribution is 7.27. The van der Waals surface area contributed by atoms with E-state index in [-0.39, 0.29) is 67.5 Å². The van der Waals surface area contributed by atoms with Crippen LogP contribution < -0.4 is 14.6 Å². The lowest BCUT2D eigenvalue weighted by Crippen LogP contribution is -2.61. The fourth-order valence-corrected chi connectivity index (χ4v) is 19.4. The number of benzene rings is 2. The van der Waals surface area contributed by atoms with E-state index in [1.807, 2.05) is 0 Å². The fraction of sp³-hybridized carbons (Fsp3) is 0.595. The van der Waals surface area contributed by atoms with Crippen LogP contribution in [0.3, 0.4) is 0 Å². The molecular weight excluding hydrogens is 960 g/mol. The molecule has 3 atom stereocenters. The van der Waals surface area contributed by atoms with Crippen LogP contribution in [0.1, 0.15) is 241 Å². The average Bonchev–Trinajstić information content (AvgIpc) is 1.97. The molecule has 0 N–H and O–H groups in total. The zero-order valence-electron chi connectivity index (χ0n) is 52.2. The molecule has 3 heterocycles. The Bertz CT molecular complexity index is 3340. The van der Waals surface area contributed by atoms with Crippen molar-refractivity contribution in [3.8, 4) is 11.1 Å². The minimum absolute atomic E-state index is 0.0190. The van der Waals surface area contributed by atoms with Gasteiger partial charge in [0.1, 0.15) is 0 Å². The van der Waals surface area contributed by atoms with Gasteiger partial charge in [0.15, 0.2) is 0 Å². The summed E-state index contributed by atoms with van der Waals surface area (Å²) in [6.07, 6.45) is 31.2. The van der Waals surface area contributed by atoms with Crippen LogP contribution in [0.2, 0.25) is 0 Å².